The number of para-hydroxylation sites is 1. The average Bonchev–Trinajstić information content (AvgIpc) is 3.41. The summed E-state index contributed by atoms with van der Waals surface area (Å²) in [6.07, 6.45) is 2.82. The van der Waals surface area contributed by atoms with E-state index >= 15 is 0 Å². The summed E-state index contributed by atoms with van der Waals surface area (Å²) < 4.78 is 29.3. The molecule has 1 aliphatic rings. The second-order valence-electron chi connectivity index (χ2n) is 6.72. The Bertz CT molecular complexity index is 1100. The Labute approximate surface area is 178 Å². The van der Waals surface area contributed by atoms with E-state index in [2.05, 4.69) is 9.82 Å². The first-order valence-electron chi connectivity index (χ1n) is 9.10. The SMILES string of the molecule is O=C(c1ccn(-c2ccccc2Cl)n1)N1CCC(NS(=O)(=O)c2cccs2)CC1. The number of thiophene rings is 1. The van der Waals surface area contributed by atoms with E-state index in [4.69, 9.17) is 11.6 Å². The number of amides is 1. The zero-order valence-electron chi connectivity index (χ0n) is 15.4. The molecule has 1 saturated heterocycles. The van der Waals surface area contributed by atoms with E-state index in [1.165, 1.54) is 11.3 Å². The highest BCUT2D eigenvalue weighted by molar-refractivity contribution is 7.91. The van der Waals surface area contributed by atoms with Crippen molar-refractivity contribution in [2.75, 3.05) is 13.1 Å². The summed E-state index contributed by atoms with van der Waals surface area (Å²) in [7, 11) is -3.50. The highest BCUT2D eigenvalue weighted by atomic mass is 35.5. The van der Waals surface area contributed by atoms with Gasteiger partial charge in [0.2, 0.25) is 10.0 Å². The van der Waals surface area contributed by atoms with Crippen LogP contribution in [0.25, 0.3) is 5.69 Å². The van der Waals surface area contributed by atoms with Crippen molar-refractivity contribution in [3.63, 3.8) is 0 Å². The normalized spacial score (nSPS) is 15.6. The molecule has 2 aromatic heterocycles. The molecule has 0 radical (unpaired) electrons. The van der Waals surface area contributed by atoms with Gasteiger partial charge >= 0.3 is 0 Å². The van der Waals surface area contributed by atoms with Crippen LogP contribution in [0, 0.1) is 0 Å². The molecule has 0 spiro atoms. The minimum atomic E-state index is -3.50. The van der Waals surface area contributed by atoms with Crippen LogP contribution in [0.1, 0.15) is 23.3 Å². The largest absolute Gasteiger partial charge is 0.337 e. The maximum atomic E-state index is 12.8. The Balaban J connectivity index is 1.38. The molecule has 1 aromatic carbocycles. The molecule has 3 heterocycles. The molecule has 0 unspecified atom stereocenters. The van der Waals surface area contributed by atoms with Gasteiger partial charge in [0, 0.05) is 25.3 Å². The van der Waals surface area contributed by atoms with Gasteiger partial charge in [-0.1, -0.05) is 29.8 Å². The fourth-order valence-electron chi connectivity index (χ4n) is 3.27. The van der Waals surface area contributed by atoms with Crippen LogP contribution in [0.5, 0.6) is 0 Å². The third-order valence-electron chi connectivity index (χ3n) is 4.77. The van der Waals surface area contributed by atoms with E-state index in [-0.39, 0.29) is 11.9 Å². The zero-order valence-corrected chi connectivity index (χ0v) is 17.8. The Kier molecular flexibility index (Phi) is 5.73. The molecule has 0 bridgehead atoms. The fourth-order valence-corrected chi connectivity index (χ4v) is 5.80. The number of likely N-dealkylation sites (tertiary alicyclic amines) is 1. The molecule has 0 saturated carbocycles. The lowest BCUT2D eigenvalue weighted by Crippen LogP contribution is -2.46. The highest BCUT2D eigenvalue weighted by Crippen LogP contribution is 2.21. The van der Waals surface area contributed by atoms with Gasteiger partial charge in [-0.05, 0) is 42.5 Å². The third kappa shape index (κ3) is 4.37. The smallest absolute Gasteiger partial charge is 0.274 e. The Morgan fingerprint density at radius 3 is 2.59 bits per heavy atom. The second-order valence-corrected chi connectivity index (χ2v) is 10.0. The standard InChI is InChI=1S/C19H19ClN4O3S2/c20-15-4-1-2-5-17(15)24-12-9-16(21-24)19(25)23-10-7-14(8-11-23)22-29(26,27)18-6-3-13-28-18/h1-6,9,12-14,22H,7-8,10-11H2. The van der Waals surface area contributed by atoms with E-state index in [0.717, 1.165) is 0 Å². The number of benzene rings is 1. The van der Waals surface area contributed by atoms with E-state index in [1.54, 1.807) is 45.4 Å². The lowest BCUT2D eigenvalue weighted by molar-refractivity contribution is 0.0705. The number of nitrogens with zero attached hydrogens (tertiary/aromatic N) is 3. The predicted molar refractivity (Wildman–Crippen MR) is 112 cm³/mol. The summed E-state index contributed by atoms with van der Waals surface area (Å²) in [5.41, 5.74) is 1.04. The minimum absolute atomic E-state index is 0.171. The first-order chi connectivity index (χ1) is 13.9. The Morgan fingerprint density at radius 1 is 1.14 bits per heavy atom. The molecule has 152 valence electrons. The number of piperidine rings is 1. The van der Waals surface area contributed by atoms with Crippen molar-refractivity contribution in [3.05, 3.63) is 64.8 Å². The van der Waals surface area contributed by atoms with Crippen molar-refractivity contribution in [2.45, 2.75) is 23.1 Å². The third-order valence-corrected chi connectivity index (χ3v) is 8.01. The van der Waals surface area contributed by atoms with Crippen molar-refractivity contribution in [2.24, 2.45) is 0 Å². The lowest BCUT2D eigenvalue weighted by atomic mass is 10.1. The molecule has 29 heavy (non-hydrogen) atoms. The minimum Gasteiger partial charge on any atom is -0.337 e. The first kappa shape index (κ1) is 20.1. The van der Waals surface area contributed by atoms with Crippen LogP contribution in [0.15, 0.2) is 58.3 Å². The number of hydrogen-bond donors (Lipinski definition) is 1. The molecule has 3 aromatic rings. The van der Waals surface area contributed by atoms with Crippen LogP contribution in [0.2, 0.25) is 5.02 Å². The second kappa shape index (κ2) is 8.27. The molecule has 1 amide bonds. The van der Waals surface area contributed by atoms with Crippen molar-refractivity contribution in [1.82, 2.24) is 19.4 Å². The van der Waals surface area contributed by atoms with Gasteiger partial charge in [0.1, 0.15) is 4.21 Å². The van der Waals surface area contributed by atoms with Gasteiger partial charge in [-0.15, -0.1) is 11.3 Å². The van der Waals surface area contributed by atoms with Crippen LogP contribution in [-0.2, 0) is 10.0 Å². The van der Waals surface area contributed by atoms with Crippen LogP contribution < -0.4 is 4.72 Å². The quantitative estimate of drug-likeness (QED) is 0.647. The maximum Gasteiger partial charge on any atom is 0.274 e. The number of sulfonamides is 1. The van der Waals surface area contributed by atoms with Gasteiger partial charge < -0.3 is 4.90 Å². The average molecular weight is 451 g/mol. The molecule has 4 rings (SSSR count). The summed E-state index contributed by atoms with van der Waals surface area (Å²) in [6, 6.07) is 12.0. The van der Waals surface area contributed by atoms with Gasteiger partial charge in [-0.3, -0.25) is 4.79 Å². The molecule has 10 heteroatoms. The molecule has 1 N–H and O–H groups in total. The van der Waals surface area contributed by atoms with Gasteiger partial charge in [0.15, 0.2) is 5.69 Å². The fraction of sp³-hybridized carbons (Fsp3) is 0.263. The lowest BCUT2D eigenvalue weighted by Gasteiger charge is -2.31. The van der Waals surface area contributed by atoms with Gasteiger partial charge in [0.25, 0.3) is 5.91 Å². The highest BCUT2D eigenvalue weighted by Gasteiger charge is 2.28. The van der Waals surface area contributed by atoms with E-state index < -0.39 is 10.0 Å². The predicted octanol–water partition coefficient (Wildman–Crippen LogP) is 3.17. The van der Waals surface area contributed by atoms with Crippen LogP contribution >= 0.6 is 22.9 Å². The number of halogens is 1. The van der Waals surface area contributed by atoms with Crippen molar-refractivity contribution in [3.8, 4) is 5.69 Å². The number of hydrogen-bond acceptors (Lipinski definition) is 5. The van der Waals surface area contributed by atoms with Gasteiger partial charge in [-0.25, -0.2) is 17.8 Å². The maximum absolute atomic E-state index is 12.8. The summed E-state index contributed by atoms with van der Waals surface area (Å²) >= 11 is 7.38. The number of carbonyl (C=O) groups is 1. The van der Waals surface area contributed by atoms with Gasteiger partial charge in [0.05, 0.1) is 10.7 Å². The number of nitrogens with one attached hydrogen (secondary N) is 1. The van der Waals surface area contributed by atoms with Crippen LogP contribution in [0.3, 0.4) is 0 Å². The Hall–Kier alpha value is -2.20. The topological polar surface area (TPSA) is 84.3 Å². The van der Waals surface area contributed by atoms with Crippen LogP contribution in [-0.4, -0.2) is 48.1 Å². The van der Waals surface area contributed by atoms with Crippen molar-refractivity contribution < 1.29 is 13.2 Å². The molecule has 0 aliphatic carbocycles. The molecular weight excluding hydrogens is 432 g/mol. The number of carbonyl (C=O) groups excluding carboxylic acids is 1. The summed E-state index contributed by atoms with van der Waals surface area (Å²) in [5, 5.41) is 6.64. The summed E-state index contributed by atoms with van der Waals surface area (Å²) in [5.74, 6) is -0.171. The van der Waals surface area contributed by atoms with E-state index in [9.17, 15) is 13.2 Å². The van der Waals surface area contributed by atoms with E-state index in [0.29, 0.717) is 46.5 Å². The monoisotopic (exact) mass is 450 g/mol. The number of aromatic nitrogens is 2. The molecule has 1 fully saturated rings. The van der Waals surface area contributed by atoms with E-state index in [1.807, 2.05) is 18.2 Å². The number of rotatable bonds is 5. The van der Waals surface area contributed by atoms with Crippen molar-refractivity contribution >= 4 is 38.9 Å². The molecule has 0 atom stereocenters. The summed E-state index contributed by atoms with van der Waals surface area (Å²) in [6.45, 7) is 0.935. The van der Waals surface area contributed by atoms with Gasteiger partial charge in [-0.2, -0.15) is 5.10 Å². The molecule has 1 aliphatic heterocycles. The zero-order chi connectivity index (χ0) is 20.4. The molecular formula is C19H19ClN4O3S2. The summed E-state index contributed by atoms with van der Waals surface area (Å²) in [4.78, 5) is 14.5. The first-order valence-corrected chi connectivity index (χ1v) is 11.8. The Morgan fingerprint density at radius 2 is 1.90 bits per heavy atom. The molecule has 7 nitrogen and oxygen atoms in total. The van der Waals surface area contributed by atoms with Crippen LogP contribution in [0.4, 0.5) is 0 Å². The van der Waals surface area contributed by atoms with Crippen molar-refractivity contribution in [1.29, 1.82) is 0 Å².